The van der Waals surface area contributed by atoms with Crippen molar-refractivity contribution in [2.75, 3.05) is 16.8 Å². The normalized spacial score (nSPS) is 10.4. The van der Waals surface area contributed by atoms with E-state index in [2.05, 4.69) is 27.9 Å². The fourth-order valence-electron chi connectivity index (χ4n) is 2.17. The van der Waals surface area contributed by atoms with Crippen LogP contribution in [0, 0.1) is 11.3 Å². The van der Waals surface area contributed by atoms with Gasteiger partial charge in [-0.2, -0.15) is 5.26 Å². The summed E-state index contributed by atoms with van der Waals surface area (Å²) in [5, 5.41) is 11.6. The number of thiazole rings is 1. The van der Waals surface area contributed by atoms with Gasteiger partial charge in [0.15, 0.2) is 0 Å². The average Bonchev–Trinajstić information content (AvgIpc) is 2.95. The van der Waals surface area contributed by atoms with Crippen LogP contribution in [0.5, 0.6) is 0 Å². The molecule has 8 heteroatoms. The molecule has 0 aliphatic heterocycles. The zero-order valence-corrected chi connectivity index (χ0v) is 14.4. The number of amides is 2. The van der Waals surface area contributed by atoms with Crippen molar-refractivity contribution in [3.8, 4) is 6.07 Å². The van der Waals surface area contributed by atoms with Crippen molar-refractivity contribution < 1.29 is 4.79 Å². The molecule has 0 unspecified atom stereocenters. The van der Waals surface area contributed by atoms with Crippen LogP contribution >= 0.6 is 24.0 Å². The average molecular weight is 355 g/mol. The Morgan fingerprint density at radius 3 is 2.71 bits per heavy atom. The molecule has 3 rings (SSSR count). The first-order valence-corrected chi connectivity index (χ1v) is 8.42. The molecule has 24 heavy (non-hydrogen) atoms. The fourth-order valence-corrected chi connectivity index (χ4v) is 3.22. The molecular formula is C16H13N5OS2. The van der Waals surface area contributed by atoms with E-state index in [4.69, 9.17) is 5.26 Å². The van der Waals surface area contributed by atoms with Crippen LogP contribution in [-0.4, -0.2) is 22.5 Å². The van der Waals surface area contributed by atoms with Crippen LogP contribution in [0.4, 0.5) is 16.3 Å². The van der Waals surface area contributed by atoms with Crippen molar-refractivity contribution in [2.24, 2.45) is 0 Å². The number of nitrogens with one attached hydrogen (secondary N) is 1. The molecular weight excluding hydrogens is 342 g/mol. The number of carbonyl (C=O) groups excluding carboxylic acids is 1. The summed E-state index contributed by atoms with van der Waals surface area (Å²) in [6, 6.07) is 12.0. The van der Waals surface area contributed by atoms with Gasteiger partial charge in [-0.3, -0.25) is 4.90 Å². The largest absolute Gasteiger partial charge is 0.327 e. The minimum absolute atomic E-state index is 0.287. The van der Waals surface area contributed by atoms with Crippen LogP contribution in [0.15, 0.2) is 40.7 Å². The molecule has 3 aromatic rings. The van der Waals surface area contributed by atoms with Crippen LogP contribution < -0.4 is 10.2 Å². The first kappa shape index (κ1) is 16.2. The SMILES string of the molecule is CCN(C(=O)Nc1ccc(C#N)cc1)c1ccc2nc(S)sc2n1. The Kier molecular flexibility index (Phi) is 4.64. The Balaban J connectivity index is 1.82. The van der Waals surface area contributed by atoms with E-state index in [0.717, 1.165) is 10.3 Å². The number of nitrogens with zero attached hydrogens (tertiary/aromatic N) is 4. The molecule has 0 radical (unpaired) electrons. The minimum Gasteiger partial charge on any atom is -0.308 e. The molecule has 2 heterocycles. The van der Waals surface area contributed by atoms with Crippen molar-refractivity contribution >= 4 is 51.8 Å². The second kappa shape index (κ2) is 6.86. The van der Waals surface area contributed by atoms with Crippen molar-refractivity contribution in [2.45, 2.75) is 11.3 Å². The Morgan fingerprint density at radius 1 is 1.29 bits per heavy atom. The van der Waals surface area contributed by atoms with Gasteiger partial charge in [-0.25, -0.2) is 14.8 Å². The van der Waals surface area contributed by atoms with Crippen molar-refractivity contribution in [3.05, 3.63) is 42.0 Å². The van der Waals surface area contributed by atoms with E-state index in [0.29, 0.717) is 28.0 Å². The van der Waals surface area contributed by atoms with Crippen LogP contribution in [-0.2, 0) is 0 Å². The molecule has 0 saturated heterocycles. The molecule has 0 aliphatic carbocycles. The zero-order chi connectivity index (χ0) is 17.1. The Bertz CT molecular complexity index is 930. The summed E-state index contributed by atoms with van der Waals surface area (Å²) in [4.78, 5) is 23.5. The van der Waals surface area contributed by atoms with E-state index in [1.54, 1.807) is 30.3 Å². The monoisotopic (exact) mass is 355 g/mol. The molecule has 1 aromatic carbocycles. The molecule has 2 aromatic heterocycles. The van der Waals surface area contributed by atoms with Crippen LogP contribution in [0.25, 0.3) is 10.3 Å². The summed E-state index contributed by atoms with van der Waals surface area (Å²) in [7, 11) is 0. The maximum atomic E-state index is 12.5. The highest BCUT2D eigenvalue weighted by Crippen LogP contribution is 2.25. The number of aromatic nitrogens is 2. The fraction of sp³-hybridized carbons (Fsp3) is 0.125. The van der Waals surface area contributed by atoms with Gasteiger partial charge >= 0.3 is 6.03 Å². The summed E-state index contributed by atoms with van der Waals surface area (Å²) in [5.74, 6) is 0.549. The number of benzene rings is 1. The van der Waals surface area contributed by atoms with Crippen LogP contribution in [0.3, 0.4) is 0 Å². The lowest BCUT2D eigenvalue weighted by Gasteiger charge is -2.20. The molecule has 0 aliphatic rings. The highest BCUT2D eigenvalue weighted by Gasteiger charge is 2.16. The molecule has 120 valence electrons. The van der Waals surface area contributed by atoms with Gasteiger partial charge in [-0.15, -0.1) is 12.6 Å². The standard InChI is InChI=1S/C16H13N5OS2/c1-2-21(13-8-7-12-14(20-13)24-16(23)19-12)15(22)18-11-5-3-10(9-17)4-6-11/h3-8H,2H2,1H3,(H,18,22)(H,19,23). The number of urea groups is 1. The molecule has 0 bridgehead atoms. The highest BCUT2D eigenvalue weighted by atomic mass is 32.2. The lowest BCUT2D eigenvalue weighted by Crippen LogP contribution is -2.35. The Hall–Kier alpha value is -2.63. The molecule has 0 saturated carbocycles. The lowest BCUT2D eigenvalue weighted by atomic mass is 10.2. The third-order valence-electron chi connectivity index (χ3n) is 3.33. The van der Waals surface area contributed by atoms with Gasteiger partial charge in [0.05, 0.1) is 11.6 Å². The number of pyridine rings is 1. The van der Waals surface area contributed by atoms with Gasteiger partial charge < -0.3 is 5.32 Å². The van der Waals surface area contributed by atoms with E-state index in [-0.39, 0.29) is 6.03 Å². The number of thiol groups is 1. The summed E-state index contributed by atoms with van der Waals surface area (Å²) < 4.78 is 0.639. The van der Waals surface area contributed by atoms with Gasteiger partial charge in [-0.05, 0) is 43.3 Å². The number of fused-ring (bicyclic) bond motifs is 1. The van der Waals surface area contributed by atoms with Gasteiger partial charge in [0, 0.05) is 12.2 Å². The topological polar surface area (TPSA) is 81.9 Å². The van der Waals surface area contributed by atoms with Crippen LogP contribution in [0.2, 0.25) is 0 Å². The van der Waals surface area contributed by atoms with E-state index >= 15 is 0 Å². The lowest BCUT2D eigenvalue weighted by molar-refractivity contribution is 0.257. The molecule has 0 spiro atoms. The van der Waals surface area contributed by atoms with E-state index in [1.165, 1.54) is 16.2 Å². The first-order chi connectivity index (χ1) is 11.6. The number of hydrogen-bond acceptors (Lipinski definition) is 6. The third-order valence-corrected chi connectivity index (χ3v) is 4.47. The number of anilines is 2. The quantitative estimate of drug-likeness (QED) is 0.698. The first-order valence-electron chi connectivity index (χ1n) is 7.16. The Morgan fingerprint density at radius 2 is 2.04 bits per heavy atom. The number of rotatable bonds is 3. The molecule has 1 N–H and O–H groups in total. The molecule has 2 amide bonds. The smallest absolute Gasteiger partial charge is 0.308 e. The summed E-state index contributed by atoms with van der Waals surface area (Å²) in [6.07, 6.45) is 0. The second-order valence-electron chi connectivity index (χ2n) is 4.85. The zero-order valence-electron chi connectivity index (χ0n) is 12.7. The number of hydrogen-bond donors (Lipinski definition) is 2. The van der Waals surface area contributed by atoms with Crippen molar-refractivity contribution in [3.63, 3.8) is 0 Å². The van der Waals surface area contributed by atoms with Gasteiger partial charge in [0.1, 0.15) is 20.5 Å². The van der Waals surface area contributed by atoms with E-state index in [9.17, 15) is 4.79 Å². The predicted molar refractivity (Wildman–Crippen MR) is 97.9 cm³/mol. The molecule has 0 atom stereocenters. The molecule has 6 nitrogen and oxygen atoms in total. The van der Waals surface area contributed by atoms with Gasteiger partial charge in [0.25, 0.3) is 0 Å². The second-order valence-corrected chi connectivity index (χ2v) is 6.56. The Labute approximate surface area is 148 Å². The highest BCUT2D eigenvalue weighted by molar-refractivity contribution is 7.82. The summed E-state index contributed by atoms with van der Waals surface area (Å²) in [5.41, 5.74) is 1.92. The van der Waals surface area contributed by atoms with Crippen LogP contribution in [0.1, 0.15) is 12.5 Å². The maximum absolute atomic E-state index is 12.5. The maximum Gasteiger partial charge on any atom is 0.327 e. The van der Waals surface area contributed by atoms with E-state index in [1.807, 2.05) is 19.1 Å². The van der Waals surface area contributed by atoms with Crippen molar-refractivity contribution in [1.82, 2.24) is 9.97 Å². The van der Waals surface area contributed by atoms with Crippen molar-refractivity contribution in [1.29, 1.82) is 5.26 Å². The third kappa shape index (κ3) is 3.32. The number of carbonyl (C=O) groups is 1. The summed E-state index contributed by atoms with van der Waals surface area (Å²) >= 11 is 5.59. The molecule has 0 fully saturated rings. The predicted octanol–water partition coefficient (Wildman–Crippen LogP) is 3.91. The van der Waals surface area contributed by atoms with E-state index < -0.39 is 0 Å². The van der Waals surface area contributed by atoms with Gasteiger partial charge in [-0.1, -0.05) is 11.3 Å². The number of nitriles is 1. The summed E-state index contributed by atoms with van der Waals surface area (Å²) in [6.45, 7) is 2.34. The minimum atomic E-state index is -0.287. The van der Waals surface area contributed by atoms with Gasteiger partial charge in [0.2, 0.25) is 0 Å².